The van der Waals surface area contributed by atoms with Crippen molar-refractivity contribution in [3.63, 3.8) is 0 Å². The molecule has 1 heterocycles. The zero-order valence-corrected chi connectivity index (χ0v) is 21.3. The molecule has 0 spiro atoms. The van der Waals surface area contributed by atoms with Gasteiger partial charge in [-0.1, -0.05) is 47.1 Å². The van der Waals surface area contributed by atoms with Gasteiger partial charge < -0.3 is 9.88 Å². The van der Waals surface area contributed by atoms with E-state index in [-0.39, 0.29) is 17.3 Å². The average molecular weight is 538 g/mol. The van der Waals surface area contributed by atoms with Crippen molar-refractivity contribution in [3.05, 3.63) is 86.2 Å². The molecule has 8 nitrogen and oxygen atoms in total. The molecule has 0 aliphatic carbocycles. The van der Waals surface area contributed by atoms with Gasteiger partial charge in [-0.3, -0.25) is 14.9 Å². The van der Waals surface area contributed by atoms with Crippen LogP contribution in [0.25, 0.3) is 0 Å². The number of nitro benzene ring substituents is 1. The summed E-state index contributed by atoms with van der Waals surface area (Å²) in [4.78, 5) is 22.9. The summed E-state index contributed by atoms with van der Waals surface area (Å²) in [5.41, 5.74) is 2.18. The number of rotatable bonds is 11. The summed E-state index contributed by atoms with van der Waals surface area (Å²) in [6.45, 7) is 6.02. The fraction of sp³-hybridized carbons (Fsp3) is 0.227. The maximum atomic E-state index is 12.4. The first kappa shape index (κ1) is 26.1. The van der Waals surface area contributed by atoms with Gasteiger partial charge in [-0.25, -0.2) is 0 Å². The molecule has 0 bridgehead atoms. The number of carbonyl (C=O) groups excluding carboxylic acids is 1. The quantitative estimate of drug-likeness (QED) is 0.135. The zero-order valence-electron chi connectivity index (χ0n) is 18.2. The van der Waals surface area contributed by atoms with Crippen LogP contribution >= 0.6 is 46.7 Å². The molecule has 0 atom stereocenters. The van der Waals surface area contributed by atoms with Crippen LogP contribution in [0.1, 0.15) is 17.0 Å². The summed E-state index contributed by atoms with van der Waals surface area (Å²) in [5.74, 6) is 2.00. The molecule has 178 valence electrons. The van der Waals surface area contributed by atoms with Gasteiger partial charge >= 0.3 is 0 Å². The molecule has 3 aromatic rings. The molecule has 0 aliphatic heterocycles. The van der Waals surface area contributed by atoms with E-state index in [2.05, 4.69) is 22.1 Å². The van der Waals surface area contributed by atoms with E-state index in [9.17, 15) is 14.9 Å². The maximum Gasteiger partial charge on any atom is 0.269 e. The molecule has 0 radical (unpaired) electrons. The van der Waals surface area contributed by atoms with Gasteiger partial charge in [0.1, 0.15) is 5.82 Å². The molecule has 2 aromatic carbocycles. The molecule has 0 saturated heterocycles. The van der Waals surface area contributed by atoms with Gasteiger partial charge in [0.15, 0.2) is 5.16 Å². The number of aromatic nitrogens is 3. The lowest BCUT2D eigenvalue weighted by Crippen LogP contribution is -2.15. The number of nitrogens with zero attached hydrogens (tertiary/aromatic N) is 4. The number of anilines is 1. The van der Waals surface area contributed by atoms with Crippen LogP contribution in [-0.2, 0) is 22.8 Å². The summed E-state index contributed by atoms with van der Waals surface area (Å²) < 4.78 is 1.92. The van der Waals surface area contributed by atoms with E-state index in [4.69, 9.17) is 23.2 Å². The van der Waals surface area contributed by atoms with E-state index < -0.39 is 4.92 Å². The Bertz CT molecular complexity index is 1220. The Labute approximate surface area is 215 Å². The van der Waals surface area contributed by atoms with Crippen molar-refractivity contribution in [2.45, 2.75) is 30.1 Å². The van der Waals surface area contributed by atoms with Crippen LogP contribution in [0.5, 0.6) is 0 Å². The minimum absolute atomic E-state index is 0.0213. The number of non-ortho nitro benzene ring substituents is 1. The Hall–Kier alpha value is -2.53. The zero-order chi connectivity index (χ0) is 24.7. The lowest BCUT2D eigenvalue weighted by atomic mass is 10.2. The van der Waals surface area contributed by atoms with E-state index in [0.29, 0.717) is 38.8 Å². The van der Waals surface area contributed by atoms with Gasteiger partial charge in [-0.15, -0.1) is 28.5 Å². The Balaban J connectivity index is 1.58. The molecule has 12 heteroatoms. The number of halogens is 2. The van der Waals surface area contributed by atoms with Crippen LogP contribution in [0.3, 0.4) is 0 Å². The Kier molecular flexibility index (Phi) is 9.40. The van der Waals surface area contributed by atoms with Crippen LogP contribution < -0.4 is 5.32 Å². The van der Waals surface area contributed by atoms with Gasteiger partial charge in [-0.2, -0.15) is 0 Å². The van der Waals surface area contributed by atoms with Crippen molar-refractivity contribution >= 4 is 64.0 Å². The molecule has 3 rings (SSSR count). The molecular formula is C22H21Cl2N5O3S2. The highest BCUT2D eigenvalue weighted by Crippen LogP contribution is 2.27. The van der Waals surface area contributed by atoms with Crippen molar-refractivity contribution in [2.75, 3.05) is 11.1 Å². The number of carbonyl (C=O) groups is 1. The molecule has 1 amide bonds. The van der Waals surface area contributed by atoms with Crippen LogP contribution in [0, 0.1) is 17.0 Å². The predicted molar refractivity (Wildman–Crippen MR) is 139 cm³/mol. The molecule has 34 heavy (non-hydrogen) atoms. The Morgan fingerprint density at radius 3 is 2.68 bits per heavy atom. The fourth-order valence-corrected chi connectivity index (χ4v) is 4.95. The maximum absolute atomic E-state index is 12.4. The van der Waals surface area contributed by atoms with Gasteiger partial charge in [0.05, 0.1) is 26.5 Å². The normalized spacial score (nSPS) is 10.8. The van der Waals surface area contributed by atoms with E-state index in [0.717, 1.165) is 17.1 Å². The number of allylic oxidation sites excluding steroid dienone is 1. The lowest BCUT2D eigenvalue weighted by molar-refractivity contribution is -0.384. The number of benzene rings is 2. The first-order valence-electron chi connectivity index (χ1n) is 10.0. The molecule has 0 saturated carbocycles. The highest BCUT2D eigenvalue weighted by molar-refractivity contribution is 7.99. The van der Waals surface area contributed by atoms with Crippen LogP contribution in [0.2, 0.25) is 10.0 Å². The van der Waals surface area contributed by atoms with Gasteiger partial charge in [0.25, 0.3) is 5.69 Å². The predicted octanol–water partition coefficient (Wildman–Crippen LogP) is 6.15. The van der Waals surface area contributed by atoms with Crippen molar-refractivity contribution in [3.8, 4) is 0 Å². The first-order chi connectivity index (χ1) is 16.3. The monoisotopic (exact) mass is 537 g/mol. The number of amides is 1. The summed E-state index contributed by atoms with van der Waals surface area (Å²) in [6, 6.07) is 9.86. The molecule has 1 aromatic heterocycles. The largest absolute Gasteiger partial charge is 0.325 e. The standard InChI is InChI=1S/C22H21Cl2N5O3S2/c1-3-8-28-20(12-33-11-15-4-6-17(23)18(24)10-15)26-27-22(28)34-13-21(30)25-19-7-5-16(29(31)32)9-14(19)2/h3-7,9-10H,1,8,11-13H2,2H3,(H,25,30). The smallest absolute Gasteiger partial charge is 0.269 e. The van der Waals surface area contributed by atoms with Gasteiger partial charge in [-0.05, 0) is 36.2 Å². The first-order valence-corrected chi connectivity index (χ1v) is 12.9. The second kappa shape index (κ2) is 12.3. The number of aryl methyl sites for hydroxylation is 1. The second-order valence-corrected chi connectivity index (χ2v) is 9.88. The molecule has 0 unspecified atom stereocenters. The van der Waals surface area contributed by atoms with E-state index in [1.807, 2.05) is 16.7 Å². The summed E-state index contributed by atoms with van der Waals surface area (Å²) >= 11 is 15.0. The second-order valence-electron chi connectivity index (χ2n) is 7.13. The van der Waals surface area contributed by atoms with Gasteiger partial charge in [0.2, 0.25) is 5.91 Å². The van der Waals surface area contributed by atoms with E-state index >= 15 is 0 Å². The fourth-order valence-electron chi connectivity index (χ4n) is 2.95. The lowest BCUT2D eigenvalue weighted by Gasteiger charge is -2.09. The minimum atomic E-state index is -0.471. The minimum Gasteiger partial charge on any atom is -0.325 e. The number of hydrogen-bond acceptors (Lipinski definition) is 7. The molecule has 1 N–H and O–H groups in total. The van der Waals surface area contributed by atoms with E-state index in [1.54, 1.807) is 30.8 Å². The molecular weight excluding hydrogens is 517 g/mol. The third kappa shape index (κ3) is 6.99. The highest BCUT2D eigenvalue weighted by atomic mass is 35.5. The third-order valence-corrected chi connectivity index (χ3v) is 7.32. The molecule has 0 fully saturated rings. The van der Waals surface area contributed by atoms with Gasteiger partial charge in [0, 0.05) is 30.1 Å². The number of nitro groups is 1. The number of thioether (sulfide) groups is 2. The van der Waals surface area contributed by atoms with Crippen molar-refractivity contribution < 1.29 is 9.72 Å². The number of nitrogens with one attached hydrogen (secondary N) is 1. The summed E-state index contributed by atoms with van der Waals surface area (Å²) in [6.07, 6.45) is 1.75. The Morgan fingerprint density at radius 1 is 1.21 bits per heavy atom. The van der Waals surface area contributed by atoms with Crippen LogP contribution in [0.4, 0.5) is 11.4 Å². The van der Waals surface area contributed by atoms with Crippen molar-refractivity contribution in [1.82, 2.24) is 14.8 Å². The summed E-state index contributed by atoms with van der Waals surface area (Å²) in [5, 5.41) is 23.8. The van der Waals surface area contributed by atoms with Crippen molar-refractivity contribution in [2.24, 2.45) is 0 Å². The number of hydrogen-bond donors (Lipinski definition) is 1. The Morgan fingerprint density at radius 2 is 2.00 bits per heavy atom. The van der Waals surface area contributed by atoms with Crippen molar-refractivity contribution in [1.29, 1.82) is 0 Å². The summed E-state index contributed by atoms with van der Waals surface area (Å²) in [7, 11) is 0. The van der Waals surface area contributed by atoms with Crippen LogP contribution in [-0.4, -0.2) is 31.3 Å². The third-order valence-electron chi connectivity index (χ3n) is 4.62. The topological polar surface area (TPSA) is 103 Å². The van der Waals surface area contributed by atoms with E-state index in [1.165, 1.54) is 30.0 Å². The average Bonchev–Trinajstić information content (AvgIpc) is 3.18. The van der Waals surface area contributed by atoms with Crippen LogP contribution in [0.15, 0.2) is 54.2 Å². The molecule has 0 aliphatic rings. The SMILES string of the molecule is C=CCn1c(CSCc2ccc(Cl)c(Cl)c2)nnc1SCC(=O)Nc1ccc([N+](=O)[O-])cc1C. The highest BCUT2D eigenvalue weighted by Gasteiger charge is 2.15.